The lowest BCUT2D eigenvalue weighted by Crippen LogP contribution is -2.54. The van der Waals surface area contributed by atoms with Crippen molar-refractivity contribution in [2.24, 2.45) is 0 Å². The second-order valence-electron chi connectivity index (χ2n) is 8.15. The van der Waals surface area contributed by atoms with E-state index in [4.69, 9.17) is 0 Å². The molecule has 26 heavy (non-hydrogen) atoms. The summed E-state index contributed by atoms with van der Waals surface area (Å²) >= 11 is 0. The van der Waals surface area contributed by atoms with Gasteiger partial charge in [-0.15, -0.1) is 0 Å². The number of hydrogen-bond acceptors (Lipinski definition) is 3. The zero-order chi connectivity index (χ0) is 18.1. The zero-order valence-corrected chi connectivity index (χ0v) is 15.7. The minimum absolute atomic E-state index is 0.0342. The van der Waals surface area contributed by atoms with Crippen molar-refractivity contribution in [1.82, 2.24) is 14.7 Å². The summed E-state index contributed by atoms with van der Waals surface area (Å²) < 4.78 is 0. The van der Waals surface area contributed by atoms with E-state index in [2.05, 4.69) is 17.0 Å². The van der Waals surface area contributed by atoms with Crippen molar-refractivity contribution in [3.63, 3.8) is 0 Å². The fourth-order valence-electron chi connectivity index (χ4n) is 4.96. The number of hydrogen-bond donors (Lipinski definition) is 0. The van der Waals surface area contributed by atoms with Crippen LogP contribution in [-0.4, -0.2) is 71.8 Å². The molecule has 0 N–H and O–H groups in total. The third kappa shape index (κ3) is 3.13. The lowest BCUT2D eigenvalue weighted by atomic mass is 9.81. The summed E-state index contributed by atoms with van der Waals surface area (Å²) in [6, 6.07) is 10.1. The molecular formula is C21H29N3O2. The Bertz CT molecular complexity index is 661. The van der Waals surface area contributed by atoms with E-state index in [1.54, 1.807) is 0 Å². The van der Waals surface area contributed by atoms with Crippen molar-refractivity contribution in [3.05, 3.63) is 35.9 Å². The Morgan fingerprint density at radius 1 is 1.08 bits per heavy atom. The van der Waals surface area contributed by atoms with Crippen LogP contribution in [0.25, 0.3) is 0 Å². The van der Waals surface area contributed by atoms with Crippen LogP contribution >= 0.6 is 0 Å². The lowest BCUT2D eigenvalue weighted by Gasteiger charge is -2.43. The highest BCUT2D eigenvalue weighted by molar-refractivity contribution is 5.87. The summed E-state index contributed by atoms with van der Waals surface area (Å²) in [4.78, 5) is 31.7. The molecule has 4 rings (SSSR count). The van der Waals surface area contributed by atoms with E-state index in [0.29, 0.717) is 6.54 Å². The lowest BCUT2D eigenvalue weighted by molar-refractivity contribution is -0.136. The van der Waals surface area contributed by atoms with Gasteiger partial charge in [-0.25, -0.2) is 0 Å². The quantitative estimate of drug-likeness (QED) is 0.834. The molecule has 3 heterocycles. The molecule has 3 aliphatic heterocycles. The fraction of sp³-hybridized carbons (Fsp3) is 0.619. The molecule has 3 saturated heterocycles. The summed E-state index contributed by atoms with van der Waals surface area (Å²) in [6.45, 7) is 4.21. The fourth-order valence-corrected chi connectivity index (χ4v) is 4.96. The average molecular weight is 355 g/mol. The van der Waals surface area contributed by atoms with Gasteiger partial charge in [-0.2, -0.15) is 0 Å². The van der Waals surface area contributed by atoms with Crippen LogP contribution < -0.4 is 0 Å². The van der Waals surface area contributed by atoms with Gasteiger partial charge in [0.1, 0.15) is 0 Å². The van der Waals surface area contributed by atoms with Gasteiger partial charge >= 0.3 is 0 Å². The predicted octanol–water partition coefficient (Wildman–Crippen LogP) is 2.09. The molecule has 1 aromatic rings. The van der Waals surface area contributed by atoms with Gasteiger partial charge in [-0.05, 0) is 50.8 Å². The number of benzene rings is 1. The molecule has 0 aliphatic carbocycles. The Morgan fingerprint density at radius 2 is 1.73 bits per heavy atom. The number of likely N-dealkylation sites (N-methyl/N-ethyl adjacent to an activating group) is 1. The molecule has 1 aromatic carbocycles. The van der Waals surface area contributed by atoms with Crippen molar-refractivity contribution < 1.29 is 9.59 Å². The molecule has 2 amide bonds. The van der Waals surface area contributed by atoms with Gasteiger partial charge in [-0.3, -0.25) is 14.5 Å². The van der Waals surface area contributed by atoms with Gasteiger partial charge in [-0.1, -0.05) is 30.3 Å². The van der Waals surface area contributed by atoms with Gasteiger partial charge in [0.05, 0.1) is 12.5 Å². The maximum Gasteiger partial charge on any atom is 0.236 e. The monoisotopic (exact) mass is 355 g/mol. The minimum atomic E-state index is -0.0813. The van der Waals surface area contributed by atoms with E-state index in [0.717, 1.165) is 51.0 Å². The number of carbonyl (C=O) groups is 2. The summed E-state index contributed by atoms with van der Waals surface area (Å²) in [7, 11) is 1.95. The highest BCUT2D eigenvalue weighted by atomic mass is 16.2. The van der Waals surface area contributed by atoms with Crippen molar-refractivity contribution in [1.29, 1.82) is 0 Å². The second kappa shape index (κ2) is 7.03. The maximum atomic E-state index is 12.9. The molecule has 0 radical (unpaired) electrons. The predicted molar refractivity (Wildman–Crippen MR) is 101 cm³/mol. The van der Waals surface area contributed by atoms with Crippen LogP contribution in [0.4, 0.5) is 0 Å². The first kappa shape index (κ1) is 17.5. The highest BCUT2D eigenvalue weighted by Gasteiger charge is 2.50. The summed E-state index contributed by atoms with van der Waals surface area (Å²) in [5.74, 6) is 0.453. The number of amides is 2. The van der Waals surface area contributed by atoms with Gasteiger partial charge < -0.3 is 9.80 Å². The number of nitrogens with zero attached hydrogens (tertiary/aromatic N) is 3. The molecular weight excluding hydrogens is 326 g/mol. The standard InChI is InChI=1S/C21H29N3O2/c1-22-20(26)18(17-7-3-2-4-8-17)15-21(22)9-13-24(14-10-21)19(25)16-23-11-5-6-12-23/h2-4,7-8,18H,5-6,9-16H2,1H3/t18-/m0/s1. The zero-order valence-electron chi connectivity index (χ0n) is 15.7. The summed E-state index contributed by atoms with van der Waals surface area (Å²) in [6.07, 6.45) is 5.09. The molecule has 0 saturated carbocycles. The molecule has 3 aliphatic rings. The molecule has 5 nitrogen and oxygen atoms in total. The van der Waals surface area contributed by atoms with E-state index in [9.17, 15) is 9.59 Å². The van der Waals surface area contributed by atoms with Crippen LogP contribution in [0, 0.1) is 0 Å². The Hall–Kier alpha value is -1.88. The second-order valence-corrected chi connectivity index (χ2v) is 8.15. The third-order valence-corrected chi connectivity index (χ3v) is 6.73. The number of carbonyl (C=O) groups excluding carboxylic acids is 2. The smallest absolute Gasteiger partial charge is 0.236 e. The van der Waals surface area contributed by atoms with E-state index >= 15 is 0 Å². The molecule has 0 aromatic heterocycles. The van der Waals surface area contributed by atoms with Crippen LogP contribution in [0.2, 0.25) is 0 Å². The number of likely N-dealkylation sites (tertiary alicyclic amines) is 3. The summed E-state index contributed by atoms with van der Waals surface area (Å²) in [5.41, 5.74) is 1.04. The Morgan fingerprint density at radius 3 is 2.38 bits per heavy atom. The molecule has 1 spiro atoms. The first-order valence-electron chi connectivity index (χ1n) is 9.92. The van der Waals surface area contributed by atoms with Crippen LogP contribution in [0.3, 0.4) is 0 Å². The molecule has 0 bridgehead atoms. The molecule has 5 heteroatoms. The maximum absolute atomic E-state index is 12.9. The largest absolute Gasteiger partial charge is 0.341 e. The van der Waals surface area contributed by atoms with Crippen LogP contribution in [0.15, 0.2) is 30.3 Å². The van der Waals surface area contributed by atoms with Crippen LogP contribution in [0.5, 0.6) is 0 Å². The Labute approximate surface area is 155 Å². The third-order valence-electron chi connectivity index (χ3n) is 6.73. The molecule has 1 atom stereocenters. The molecule has 140 valence electrons. The first-order valence-corrected chi connectivity index (χ1v) is 9.92. The number of rotatable bonds is 3. The van der Waals surface area contributed by atoms with E-state index in [1.807, 2.05) is 35.0 Å². The molecule has 0 unspecified atom stereocenters. The minimum Gasteiger partial charge on any atom is -0.341 e. The van der Waals surface area contributed by atoms with E-state index in [1.165, 1.54) is 12.8 Å². The van der Waals surface area contributed by atoms with Crippen molar-refractivity contribution >= 4 is 11.8 Å². The normalized spacial score (nSPS) is 26.0. The van der Waals surface area contributed by atoms with Crippen molar-refractivity contribution in [2.75, 3.05) is 39.8 Å². The van der Waals surface area contributed by atoms with Crippen molar-refractivity contribution in [3.8, 4) is 0 Å². The molecule has 3 fully saturated rings. The van der Waals surface area contributed by atoms with Crippen LogP contribution in [-0.2, 0) is 9.59 Å². The number of piperidine rings is 1. The van der Waals surface area contributed by atoms with E-state index < -0.39 is 0 Å². The Kier molecular flexibility index (Phi) is 4.74. The van der Waals surface area contributed by atoms with Gasteiger partial charge in [0, 0.05) is 25.7 Å². The topological polar surface area (TPSA) is 43.9 Å². The average Bonchev–Trinajstić information content (AvgIpc) is 3.26. The van der Waals surface area contributed by atoms with Crippen molar-refractivity contribution in [2.45, 2.75) is 43.6 Å². The SMILES string of the molecule is CN1C(=O)[C@H](c2ccccc2)CC12CCN(C(=O)CN1CCCC1)CC2. The Balaban J connectivity index is 1.40. The van der Waals surface area contributed by atoms with Gasteiger partial charge in [0.2, 0.25) is 11.8 Å². The van der Waals surface area contributed by atoms with E-state index in [-0.39, 0.29) is 23.3 Å². The van der Waals surface area contributed by atoms with Gasteiger partial charge in [0.15, 0.2) is 0 Å². The summed E-state index contributed by atoms with van der Waals surface area (Å²) in [5, 5.41) is 0. The highest BCUT2D eigenvalue weighted by Crippen LogP contribution is 2.44. The van der Waals surface area contributed by atoms with Crippen LogP contribution in [0.1, 0.15) is 43.6 Å². The first-order chi connectivity index (χ1) is 12.6. The van der Waals surface area contributed by atoms with Gasteiger partial charge in [0.25, 0.3) is 0 Å².